The average molecular weight is 167 g/mol. The molecule has 64 valence electrons. The molecule has 1 aromatic heterocycles. The summed E-state index contributed by atoms with van der Waals surface area (Å²) < 4.78 is 0. The fourth-order valence-corrected chi connectivity index (χ4v) is 0.650. The zero-order valence-electron chi connectivity index (χ0n) is 6.23. The number of guanidine groups is 1. The van der Waals surface area contributed by atoms with Gasteiger partial charge >= 0.3 is 0 Å². The van der Waals surface area contributed by atoms with Crippen LogP contribution in [0.3, 0.4) is 0 Å². The van der Waals surface area contributed by atoms with Crippen molar-refractivity contribution in [2.75, 3.05) is 11.5 Å². The van der Waals surface area contributed by atoms with E-state index in [4.69, 9.17) is 22.9 Å². The molecule has 0 saturated heterocycles. The number of nitrogens with zero attached hydrogens (tertiary/aromatic N) is 3. The Labute approximate surface area is 68.5 Å². The maximum absolute atomic E-state index is 5.42. The third-order valence-corrected chi connectivity index (χ3v) is 1.12. The Bertz CT molecular complexity index is 293. The van der Waals surface area contributed by atoms with E-state index in [2.05, 4.69) is 15.0 Å². The largest absolute Gasteiger partial charge is 0.382 e. The van der Waals surface area contributed by atoms with Gasteiger partial charge in [-0.15, -0.1) is 0 Å². The van der Waals surface area contributed by atoms with Crippen LogP contribution in [0.2, 0.25) is 0 Å². The van der Waals surface area contributed by atoms with Crippen molar-refractivity contribution < 1.29 is 0 Å². The van der Waals surface area contributed by atoms with Crippen LogP contribution in [-0.4, -0.2) is 15.9 Å². The lowest BCUT2D eigenvalue weighted by molar-refractivity contribution is 1.17. The monoisotopic (exact) mass is 167 g/mol. The minimum absolute atomic E-state index is 0.136. The van der Waals surface area contributed by atoms with Gasteiger partial charge in [0.25, 0.3) is 0 Å². The van der Waals surface area contributed by atoms with Crippen LogP contribution in [0.25, 0.3) is 0 Å². The van der Waals surface area contributed by atoms with Crippen molar-refractivity contribution in [1.29, 1.82) is 0 Å². The summed E-state index contributed by atoms with van der Waals surface area (Å²) in [6.45, 7) is 0. The second-order valence-corrected chi connectivity index (χ2v) is 2.03. The first-order valence-electron chi connectivity index (χ1n) is 3.07. The Kier molecular flexibility index (Phi) is 1.95. The van der Waals surface area contributed by atoms with E-state index in [0.29, 0.717) is 0 Å². The summed E-state index contributed by atoms with van der Waals surface area (Å²) in [6.07, 6.45) is 1.23. The van der Waals surface area contributed by atoms with Crippen molar-refractivity contribution >= 4 is 23.3 Å². The molecule has 12 heavy (non-hydrogen) atoms. The molecule has 7 nitrogen and oxygen atoms in total. The highest BCUT2D eigenvalue weighted by Gasteiger charge is 2.03. The molecule has 0 unspecified atom stereocenters. The van der Waals surface area contributed by atoms with E-state index in [0.717, 1.165) is 0 Å². The predicted molar refractivity (Wildman–Crippen MR) is 46.3 cm³/mol. The highest BCUT2D eigenvalue weighted by atomic mass is 15.1. The fraction of sp³-hybridized carbons (Fsp3) is 0. The van der Waals surface area contributed by atoms with Crippen molar-refractivity contribution in [2.45, 2.75) is 0 Å². The summed E-state index contributed by atoms with van der Waals surface area (Å²) in [4.78, 5) is 11.0. The molecule has 0 aliphatic carbocycles. The van der Waals surface area contributed by atoms with Gasteiger partial charge < -0.3 is 22.9 Å². The van der Waals surface area contributed by atoms with Crippen LogP contribution in [-0.2, 0) is 0 Å². The third-order valence-electron chi connectivity index (χ3n) is 1.12. The van der Waals surface area contributed by atoms with Gasteiger partial charge in [-0.25, -0.2) is 15.0 Å². The minimum atomic E-state index is -0.136. The standard InChI is InChI=1S/C5H9N7/c6-3-2(12-5(8)9)4(7)11-1-10-3/h1H,(H4,8,9,12)(H4,6,7,10,11). The highest BCUT2D eigenvalue weighted by Crippen LogP contribution is 2.23. The quantitative estimate of drug-likeness (QED) is 0.297. The molecule has 1 aromatic rings. The third kappa shape index (κ3) is 1.51. The van der Waals surface area contributed by atoms with Crippen LogP contribution in [0.1, 0.15) is 0 Å². The number of hydrogen-bond donors (Lipinski definition) is 4. The zero-order chi connectivity index (χ0) is 9.14. The molecule has 0 aliphatic rings. The molecule has 0 bridgehead atoms. The molecule has 0 fully saturated rings. The van der Waals surface area contributed by atoms with E-state index in [1.165, 1.54) is 6.33 Å². The smallest absolute Gasteiger partial charge is 0.191 e. The van der Waals surface area contributed by atoms with E-state index in [1.807, 2.05) is 0 Å². The van der Waals surface area contributed by atoms with Crippen LogP contribution < -0.4 is 22.9 Å². The molecule has 1 rings (SSSR count). The zero-order valence-corrected chi connectivity index (χ0v) is 6.23. The van der Waals surface area contributed by atoms with E-state index >= 15 is 0 Å². The molecule has 0 saturated carbocycles. The average Bonchev–Trinajstić information content (AvgIpc) is 1.97. The number of aliphatic imine (C=N–C) groups is 1. The van der Waals surface area contributed by atoms with E-state index in [9.17, 15) is 0 Å². The van der Waals surface area contributed by atoms with Crippen LogP contribution in [0, 0.1) is 0 Å². The lowest BCUT2D eigenvalue weighted by Crippen LogP contribution is -2.22. The molecule has 0 atom stereocenters. The molecule has 0 aliphatic heterocycles. The first-order chi connectivity index (χ1) is 5.61. The second kappa shape index (κ2) is 2.91. The van der Waals surface area contributed by atoms with Gasteiger partial charge in [-0.1, -0.05) is 0 Å². The summed E-state index contributed by atoms with van der Waals surface area (Å²) in [5.41, 5.74) is 21.3. The minimum Gasteiger partial charge on any atom is -0.382 e. The number of aromatic nitrogens is 2. The van der Waals surface area contributed by atoms with Crippen LogP contribution >= 0.6 is 0 Å². The van der Waals surface area contributed by atoms with Gasteiger partial charge in [0.15, 0.2) is 23.3 Å². The second-order valence-electron chi connectivity index (χ2n) is 2.03. The van der Waals surface area contributed by atoms with Gasteiger partial charge in [0.1, 0.15) is 6.33 Å². The fourth-order valence-electron chi connectivity index (χ4n) is 0.650. The molecule has 0 amide bonds. The van der Waals surface area contributed by atoms with Gasteiger partial charge in [0.05, 0.1) is 0 Å². The number of rotatable bonds is 1. The first kappa shape index (κ1) is 8.05. The molecular formula is C5H9N7. The summed E-state index contributed by atoms with van der Waals surface area (Å²) in [7, 11) is 0. The van der Waals surface area contributed by atoms with E-state index in [-0.39, 0.29) is 23.3 Å². The van der Waals surface area contributed by atoms with Crippen molar-refractivity contribution in [2.24, 2.45) is 16.5 Å². The Morgan fingerprint density at radius 3 is 2.08 bits per heavy atom. The number of nitrogen functional groups attached to an aromatic ring is 2. The first-order valence-corrected chi connectivity index (χ1v) is 3.07. The van der Waals surface area contributed by atoms with Crippen LogP contribution in [0.15, 0.2) is 11.3 Å². The van der Waals surface area contributed by atoms with Gasteiger partial charge in [-0.3, -0.25) is 0 Å². The summed E-state index contributed by atoms with van der Waals surface area (Å²) in [5.74, 6) is 0.162. The van der Waals surface area contributed by atoms with Crippen LogP contribution in [0.5, 0.6) is 0 Å². The van der Waals surface area contributed by atoms with Crippen molar-refractivity contribution in [1.82, 2.24) is 9.97 Å². The summed E-state index contributed by atoms with van der Waals surface area (Å²) in [5, 5.41) is 0. The molecule has 0 aromatic carbocycles. The van der Waals surface area contributed by atoms with Crippen LogP contribution in [0.4, 0.5) is 17.3 Å². The Morgan fingerprint density at radius 1 is 1.17 bits per heavy atom. The Balaban J connectivity index is 3.22. The Hall–Kier alpha value is -2.05. The molecule has 7 heteroatoms. The SMILES string of the molecule is NC(N)=Nc1c(N)ncnc1N. The number of nitrogens with two attached hydrogens (primary N) is 4. The number of hydrogen-bond acceptors (Lipinski definition) is 5. The highest BCUT2D eigenvalue weighted by molar-refractivity contribution is 5.83. The van der Waals surface area contributed by atoms with E-state index < -0.39 is 0 Å². The van der Waals surface area contributed by atoms with Crippen molar-refractivity contribution in [3.8, 4) is 0 Å². The van der Waals surface area contributed by atoms with Gasteiger partial charge in [0, 0.05) is 0 Å². The van der Waals surface area contributed by atoms with E-state index in [1.54, 1.807) is 0 Å². The maximum Gasteiger partial charge on any atom is 0.191 e. The lowest BCUT2D eigenvalue weighted by Gasteiger charge is -2.00. The number of anilines is 2. The van der Waals surface area contributed by atoms with Gasteiger partial charge in [-0.2, -0.15) is 0 Å². The normalized spacial score (nSPS) is 9.33. The molecule has 0 spiro atoms. The topological polar surface area (TPSA) is 142 Å². The Morgan fingerprint density at radius 2 is 1.67 bits per heavy atom. The molecular weight excluding hydrogens is 158 g/mol. The molecule has 8 N–H and O–H groups in total. The van der Waals surface area contributed by atoms with Gasteiger partial charge in [-0.05, 0) is 0 Å². The van der Waals surface area contributed by atoms with Crippen molar-refractivity contribution in [3.05, 3.63) is 6.33 Å². The van der Waals surface area contributed by atoms with Gasteiger partial charge in [0.2, 0.25) is 0 Å². The predicted octanol–water partition coefficient (Wildman–Crippen LogP) is -1.45. The summed E-state index contributed by atoms with van der Waals surface area (Å²) in [6, 6.07) is 0. The molecule has 1 heterocycles. The van der Waals surface area contributed by atoms with Crippen molar-refractivity contribution in [3.63, 3.8) is 0 Å². The summed E-state index contributed by atoms with van der Waals surface area (Å²) >= 11 is 0. The lowest BCUT2D eigenvalue weighted by atomic mass is 10.4. The maximum atomic E-state index is 5.42. The molecule has 0 radical (unpaired) electrons.